The van der Waals surface area contributed by atoms with E-state index in [0.29, 0.717) is 17.7 Å². The van der Waals surface area contributed by atoms with E-state index in [1.807, 2.05) is 0 Å². The number of thioether (sulfide) groups is 1. The SMILES string of the molecule is CC(=O)SCCC=Cc1ccc(F)cc1F. The molecule has 0 N–H and O–H groups in total. The van der Waals surface area contributed by atoms with E-state index in [1.54, 1.807) is 12.2 Å². The molecule has 0 bridgehead atoms. The molecule has 1 aromatic carbocycles. The van der Waals surface area contributed by atoms with Gasteiger partial charge in [0, 0.05) is 24.3 Å². The van der Waals surface area contributed by atoms with Gasteiger partial charge in [-0.15, -0.1) is 0 Å². The summed E-state index contributed by atoms with van der Waals surface area (Å²) in [7, 11) is 0. The van der Waals surface area contributed by atoms with Gasteiger partial charge in [-0.2, -0.15) is 0 Å². The van der Waals surface area contributed by atoms with E-state index in [0.717, 1.165) is 6.07 Å². The molecule has 86 valence electrons. The Labute approximate surface area is 97.5 Å². The lowest BCUT2D eigenvalue weighted by molar-refractivity contribution is -0.109. The van der Waals surface area contributed by atoms with Gasteiger partial charge in [0.15, 0.2) is 5.12 Å². The van der Waals surface area contributed by atoms with Gasteiger partial charge in [0.05, 0.1) is 0 Å². The molecule has 16 heavy (non-hydrogen) atoms. The molecule has 0 heterocycles. The Hall–Kier alpha value is -1.16. The summed E-state index contributed by atoms with van der Waals surface area (Å²) in [6, 6.07) is 3.45. The first kappa shape index (κ1) is 12.9. The number of hydrogen-bond donors (Lipinski definition) is 0. The number of carbonyl (C=O) groups is 1. The zero-order valence-electron chi connectivity index (χ0n) is 8.87. The second kappa shape index (κ2) is 6.43. The highest BCUT2D eigenvalue weighted by Gasteiger charge is 1.99. The van der Waals surface area contributed by atoms with Gasteiger partial charge < -0.3 is 0 Å². The fourth-order valence-electron chi connectivity index (χ4n) is 1.12. The molecular formula is C12H12F2OS. The van der Waals surface area contributed by atoms with Crippen molar-refractivity contribution in [3.05, 3.63) is 41.5 Å². The molecule has 1 rings (SSSR count). The molecule has 0 aromatic heterocycles. The average Bonchev–Trinajstić information content (AvgIpc) is 2.20. The van der Waals surface area contributed by atoms with Crippen molar-refractivity contribution in [2.75, 3.05) is 5.75 Å². The zero-order chi connectivity index (χ0) is 12.0. The summed E-state index contributed by atoms with van der Waals surface area (Å²) in [5, 5.41) is 0.0707. The number of benzene rings is 1. The Balaban J connectivity index is 2.47. The van der Waals surface area contributed by atoms with Crippen LogP contribution in [0.5, 0.6) is 0 Å². The highest BCUT2D eigenvalue weighted by atomic mass is 32.2. The Morgan fingerprint density at radius 3 is 2.81 bits per heavy atom. The smallest absolute Gasteiger partial charge is 0.185 e. The fourth-order valence-corrected chi connectivity index (χ4v) is 1.66. The Kier molecular flexibility index (Phi) is 5.19. The quantitative estimate of drug-likeness (QED) is 0.750. The van der Waals surface area contributed by atoms with Gasteiger partial charge >= 0.3 is 0 Å². The van der Waals surface area contributed by atoms with E-state index in [4.69, 9.17) is 0 Å². The fraction of sp³-hybridized carbons (Fsp3) is 0.250. The number of rotatable bonds is 4. The molecule has 0 atom stereocenters. The second-order valence-electron chi connectivity index (χ2n) is 3.20. The van der Waals surface area contributed by atoms with E-state index < -0.39 is 11.6 Å². The van der Waals surface area contributed by atoms with E-state index in [1.165, 1.54) is 30.8 Å². The molecule has 0 aliphatic rings. The van der Waals surface area contributed by atoms with Crippen LogP contribution in [0.1, 0.15) is 18.9 Å². The van der Waals surface area contributed by atoms with Crippen molar-refractivity contribution in [3.63, 3.8) is 0 Å². The normalized spacial score (nSPS) is 10.9. The lowest BCUT2D eigenvalue weighted by Gasteiger charge is -1.96. The van der Waals surface area contributed by atoms with Gasteiger partial charge in [-0.1, -0.05) is 23.9 Å². The highest BCUT2D eigenvalue weighted by Crippen LogP contribution is 2.12. The van der Waals surface area contributed by atoms with Gasteiger partial charge in [-0.05, 0) is 18.6 Å². The summed E-state index contributed by atoms with van der Waals surface area (Å²) >= 11 is 1.23. The lowest BCUT2D eigenvalue weighted by atomic mass is 10.2. The Morgan fingerprint density at radius 2 is 2.19 bits per heavy atom. The predicted octanol–water partition coefficient (Wildman–Crippen LogP) is 3.65. The van der Waals surface area contributed by atoms with Gasteiger partial charge in [0.25, 0.3) is 0 Å². The third kappa shape index (κ3) is 4.57. The van der Waals surface area contributed by atoms with Crippen molar-refractivity contribution < 1.29 is 13.6 Å². The van der Waals surface area contributed by atoms with Crippen LogP contribution in [-0.4, -0.2) is 10.9 Å². The van der Waals surface area contributed by atoms with Crippen molar-refractivity contribution in [2.45, 2.75) is 13.3 Å². The van der Waals surface area contributed by atoms with Crippen LogP contribution in [0.3, 0.4) is 0 Å². The maximum Gasteiger partial charge on any atom is 0.185 e. The lowest BCUT2D eigenvalue weighted by Crippen LogP contribution is -1.85. The summed E-state index contributed by atoms with van der Waals surface area (Å²) < 4.78 is 25.7. The maximum absolute atomic E-state index is 13.1. The van der Waals surface area contributed by atoms with E-state index in [-0.39, 0.29) is 5.12 Å². The van der Waals surface area contributed by atoms with Crippen LogP contribution in [0.25, 0.3) is 6.08 Å². The molecule has 1 aromatic rings. The molecule has 0 saturated carbocycles. The molecule has 4 heteroatoms. The first-order valence-corrected chi connectivity index (χ1v) is 5.83. The van der Waals surface area contributed by atoms with Gasteiger partial charge in [-0.25, -0.2) is 8.78 Å². The third-order valence-electron chi connectivity index (χ3n) is 1.85. The van der Waals surface area contributed by atoms with Gasteiger partial charge in [-0.3, -0.25) is 4.79 Å². The van der Waals surface area contributed by atoms with Crippen molar-refractivity contribution in [1.82, 2.24) is 0 Å². The maximum atomic E-state index is 13.1. The molecule has 0 unspecified atom stereocenters. The predicted molar refractivity (Wildman–Crippen MR) is 63.1 cm³/mol. The summed E-state index contributed by atoms with van der Waals surface area (Å²) in [6.07, 6.45) is 4.04. The second-order valence-corrected chi connectivity index (χ2v) is 4.47. The van der Waals surface area contributed by atoms with E-state index in [2.05, 4.69) is 0 Å². The molecule has 0 aliphatic heterocycles. The van der Waals surface area contributed by atoms with Crippen LogP contribution in [0.2, 0.25) is 0 Å². The Bertz CT molecular complexity index is 402. The minimum Gasteiger partial charge on any atom is -0.288 e. The van der Waals surface area contributed by atoms with Crippen molar-refractivity contribution in [3.8, 4) is 0 Å². The topological polar surface area (TPSA) is 17.1 Å². The summed E-state index contributed by atoms with van der Waals surface area (Å²) in [6.45, 7) is 1.51. The summed E-state index contributed by atoms with van der Waals surface area (Å²) in [4.78, 5) is 10.6. The van der Waals surface area contributed by atoms with E-state index >= 15 is 0 Å². The van der Waals surface area contributed by atoms with Crippen molar-refractivity contribution >= 4 is 23.0 Å². The molecule has 0 spiro atoms. The number of halogens is 2. The van der Waals surface area contributed by atoms with Crippen LogP contribution in [0.15, 0.2) is 24.3 Å². The summed E-state index contributed by atoms with van der Waals surface area (Å²) in [5.74, 6) is -0.480. The molecule has 1 nitrogen and oxygen atoms in total. The first-order valence-electron chi connectivity index (χ1n) is 4.84. The van der Waals surface area contributed by atoms with Gasteiger partial charge in [0.2, 0.25) is 0 Å². The molecule has 0 saturated heterocycles. The van der Waals surface area contributed by atoms with Crippen molar-refractivity contribution in [2.24, 2.45) is 0 Å². The average molecular weight is 242 g/mol. The van der Waals surface area contributed by atoms with Crippen LogP contribution >= 0.6 is 11.8 Å². The summed E-state index contributed by atoms with van der Waals surface area (Å²) in [5.41, 5.74) is 0.356. The molecule has 0 aliphatic carbocycles. The molecule has 0 radical (unpaired) electrons. The zero-order valence-corrected chi connectivity index (χ0v) is 9.69. The largest absolute Gasteiger partial charge is 0.288 e. The van der Waals surface area contributed by atoms with Gasteiger partial charge in [0.1, 0.15) is 11.6 Å². The van der Waals surface area contributed by atoms with Crippen molar-refractivity contribution in [1.29, 1.82) is 0 Å². The van der Waals surface area contributed by atoms with Crippen LogP contribution < -0.4 is 0 Å². The molecular weight excluding hydrogens is 230 g/mol. The number of hydrogen-bond acceptors (Lipinski definition) is 2. The highest BCUT2D eigenvalue weighted by molar-refractivity contribution is 8.13. The molecule has 0 fully saturated rings. The Morgan fingerprint density at radius 1 is 1.44 bits per heavy atom. The monoisotopic (exact) mass is 242 g/mol. The van der Waals surface area contributed by atoms with Crippen LogP contribution in [0.4, 0.5) is 8.78 Å². The number of allylic oxidation sites excluding steroid dienone is 1. The minimum absolute atomic E-state index is 0.0707. The number of carbonyl (C=O) groups excluding carboxylic acids is 1. The molecule has 0 amide bonds. The van der Waals surface area contributed by atoms with Crippen LogP contribution in [0, 0.1) is 11.6 Å². The third-order valence-corrected chi connectivity index (χ3v) is 2.70. The first-order chi connectivity index (χ1) is 7.59. The van der Waals surface area contributed by atoms with E-state index in [9.17, 15) is 13.6 Å². The standard InChI is InChI=1S/C12H12F2OS/c1-9(15)16-7-3-2-4-10-5-6-11(13)8-12(10)14/h2,4-6,8H,3,7H2,1H3. The van der Waals surface area contributed by atoms with Crippen LogP contribution in [-0.2, 0) is 4.79 Å². The minimum atomic E-state index is -0.582.